The summed E-state index contributed by atoms with van der Waals surface area (Å²) in [4.78, 5) is 4.41. The van der Waals surface area contributed by atoms with Crippen LogP contribution in [0.1, 0.15) is 16.7 Å². The van der Waals surface area contributed by atoms with E-state index in [1.165, 1.54) is 11.1 Å². The number of amidine groups is 1. The molecule has 0 saturated carbocycles. The molecule has 92 valence electrons. The highest BCUT2D eigenvalue weighted by Gasteiger charge is 2.03. The fourth-order valence-corrected chi connectivity index (χ4v) is 1.72. The molecule has 0 heterocycles. The number of rotatable bonds is 2. The van der Waals surface area contributed by atoms with Gasteiger partial charge in [-0.25, -0.2) is 4.99 Å². The van der Waals surface area contributed by atoms with Crippen molar-refractivity contribution in [2.75, 3.05) is 5.73 Å². The van der Waals surface area contributed by atoms with E-state index in [1.54, 1.807) is 0 Å². The summed E-state index contributed by atoms with van der Waals surface area (Å²) < 4.78 is 0. The zero-order valence-corrected chi connectivity index (χ0v) is 10.6. The average Bonchev–Trinajstić information content (AvgIpc) is 2.34. The third-order valence-electron chi connectivity index (χ3n) is 2.98. The lowest BCUT2D eigenvalue weighted by Crippen LogP contribution is -2.14. The summed E-state index contributed by atoms with van der Waals surface area (Å²) in [5, 5.41) is 0. The number of nitrogens with two attached hydrogens (primary N) is 2. The van der Waals surface area contributed by atoms with Crippen molar-refractivity contribution in [2.45, 2.75) is 13.8 Å². The van der Waals surface area contributed by atoms with Crippen LogP contribution in [0, 0.1) is 13.8 Å². The van der Waals surface area contributed by atoms with E-state index in [4.69, 9.17) is 11.5 Å². The first-order chi connectivity index (χ1) is 8.58. The molecule has 0 atom stereocenters. The molecule has 0 aliphatic rings. The van der Waals surface area contributed by atoms with Gasteiger partial charge in [-0.2, -0.15) is 0 Å². The van der Waals surface area contributed by atoms with Gasteiger partial charge in [0.1, 0.15) is 5.84 Å². The van der Waals surface area contributed by atoms with Gasteiger partial charge < -0.3 is 11.5 Å². The smallest absolute Gasteiger partial charge is 0.133 e. The number of anilines is 1. The van der Waals surface area contributed by atoms with E-state index in [1.807, 2.05) is 42.5 Å². The van der Waals surface area contributed by atoms with E-state index in [0.717, 1.165) is 11.3 Å². The van der Waals surface area contributed by atoms with Crippen LogP contribution in [0.5, 0.6) is 0 Å². The Morgan fingerprint density at radius 2 is 1.72 bits per heavy atom. The maximum Gasteiger partial charge on any atom is 0.133 e. The van der Waals surface area contributed by atoms with Crippen LogP contribution in [0.15, 0.2) is 47.5 Å². The number of aryl methyl sites for hydroxylation is 2. The van der Waals surface area contributed by atoms with Gasteiger partial charge in [-0.15, -0.1) is 0 Å². The molecule has 2 aromatic rings. The lowest BCUT2D eigenvalue weighted by atomic mass is 10.1. The van der Waals surface area contributed by atoms with Gasteiger partial charge in [0, 0.05) is 11.3 Å². The van der Waals surface area contributed by atoms with Crippen molar-refractivity contribution in [3.63, 3.8) is 0 Å². The molecule has 0 aliphatic heterocycles. The molecule has 2 rings (SSSR count). The molecular weight excluding hydrogens is 222 g/mol. The molecule has 0 saturated heterocycles. The van der Waals surface area contributed by atoms with E-state index in [0.29, 0.717) is 11.5 Å². The Labute approximate surface area is 107 Å². The Morgan fingerprint density at radius 1 is 1.00 bits per heavy atom. The van der Waals surface area contributed by atoms with Gasteiger partial charge in [-0.3, -0.25) is 0 Å². The highest BCUT2D eigenvalue weighted by Crippen LogP contribution is 2.19. The van der Waals surface area contributed by atoms with Gasteiger partial charge in [0.2, 0.25) is 0 Å². The zero-order valence-electron chi connectivity index (χ0n) is 10.6. The quantitative estimate of drug-likeness (QED) is 0.481. The fourth-order valence-electron chi connectivity index (χ4n) is 1.72. The SMILES string of the molecule is Cc1ccc(N=C(N)c2ccccc2N)cc1C. The number of hydrogen-bond acceptors (Lipinski definition) is 2. The van der Waals surface area contributed by atoms with Crippen molar-refractivity contribution >= 4 is 17.2 Å². The summed E-state index contributed by atoms with van der Waals surface area (Å²) in [7, 11) is 0. The van der Waals surface area contributed by atoms with E-state index >= 15 is 0 Å². The first-order valence-electron chi connectivity index (χ1n) is 5.84. The Kier molecular flexibility index (Phi) is 3.33. The minimum Gasteiger partial charge on any atom is -0.398 e. The number of nitrogens with zero attached hydrogens (tertiary/aromatic N) is 1. The largest absolute Gasteiger partial charge is 0.398 e. The van der Waals surface area contributed by atoms with Crippen LogP contribution in [0.2, 0.25) is 0 Å². The van der Waals surface area contributed by atoms with Crippen LogP contribution in [0.25, 0.3) is 0 Å². The Bertz CT molecular complexity index is 600. The number of benzene rings is 2. The molecule has 3 nitrogen and oxygen atoms in total. The summed E-state index contributed by atoms with van der Waals surface area (Å²) in [6.07, 6.45) is 0. The predicted octanol–water partition coefficient (Wildman–Crippen LogP) is 2.92. The molecule has 0 aromatic heterocycles. The lowest BCUT2D eigenvalue weighted by Gasteiger charge is -2.05. The average molecular weight is 239 g/mol. The Hall–Kier alpha value is -2.29. The van der Waals surface area contributed by atoms with Crippen molar-refractivity contribution in [1.82, 2.24) is 0 Å². The number of hydrogen-bond donors (Lipinski definition) is 2. The van der Waals surface area contributed by atoms with E-state index in [2.05, 4.69) is 18.8 Å². The summed E-state index contributed by atoms with van der Waals surface area (Å²) in [6, 6.07) is 13.5. The van der Waals surface area contributed by atoms with Gasteiger partial charge in [-0.05, 0) is 49.2 Å². The number of nitrogen functional groups attached to an aromatic ring is 1. The van der Waals surface area contributed by atoms with Gasteiger partial charge >= 0.3 is 0 Å². The van der Waals surface area contributed by atoms with Gasteiger partial charge in [0.05, 0.1) is 5.69 Å². The maximum atomic E-state index is 5.99. The first kappa shape index (κ1) is 12.2. The Morgan fingerprint density at radius 3 is 2.39 bits per heavy atom. The second-order valence-corrected chi connectivity index (χ2v) is 4.35. The maximum absolute atomic E-state index is 5.99. The predicted molar refractivity (Wildman–Crippen MR) is 77.2 cm³/mol. The molecular formula is C15H17N3. The molecule has 0 amide bonds. The zero-order chi connectivity index (χ0) is 13.1. The minimum atomic E-state index is 0.441. The molecule has 18 heavy (non-hydrogen) atoms. The van der Waals surface area contributed by atoms with Crippen LogP contribution >= 0.6 is 0 Å². The number of para-hydroxylation sites is 1. The van der Waals surface area contributed by atoms with Crippen molar-refractivity contribution in [3.05, 3.63) is 59.2 Å². The van der Waals surface area contributed by atoms with Crippen molar-refractivity contribution < 1.29 is 0 Å². The van der Waals surface area contributed by atoms with Crippen LogP contribution in [0.3, 0.4) is 0 Å². The molecule has 0 aliphatic carbocycles. The monoisotopic (exact) mass is 239 g/mol. The Balaban J connectivity index is 2.39. The summed E-state index contributed by atoms with van der Waals surface area (Å²) >= 11 is 0. The molecule has 0 unspecified atom stereocenters. The van der Waals surface area contributed by atoms with Crippen LogP contribution < -0.4 is 11.5 Å². The lowest BCUT2D eigenvalue weighted by molar-refractivity contribution is 1.32. The van der Waals surface area contributed by atoms with E-state index < -0.39 is 0 Å². The van der Waals surface area contributed by atoms with Crippen molar-refractivity contribution in [3.8, 4) is 0 Å². The highest BCUT2D eigenvalue weighted by atomic mass is 14.9. The second-order valence-electron chi connectivity index (χ2n) is 4.35. The fraction of sp³-hybridized carbons (Fsp3) is 0.133. The van der Waals surface area contributed by atoms with Crippen molar-refractivity contribution in [2.24, 2.45) is 10.7 Å². The minimum absolute atomic E-state index is 0.441. The van der Waals surface area contributed by atoms with Gasteiger partial charge in [0.15, 0.2) is 0 Å². The standard InChI is InChI=1S/C15H17N3/c1-10-7-8-12(9-11(10)2)18-15(17)13-5-3-4-6-14(13)16/h3-9H,16H2,1-2H3,(H2,17,18). The van der Waals surface area contributed by atoms with E-state index in [9.17, 15) is 0 Å². The van der Waals surface area contributed by atoms with Gasteiger partial charge in [0.25, 0.3) is 0 Å². The van der Waals surface area contributed by atoms with Crippen LogP contribution in [-0.2, 0) is 0 Å². The summed E-state index contributed by atoms with van der Waals surface area (Å²) in [5.74, 6) is 0.441. The normalized spacial score (nSPS) is 11.6. The first-order valence-corrected chi connectivity index (χ1v) is 5.84. The third-order valence-corrected chi connectivity index (χ3v) is 2.98. The molecule has 3 heteroatoms. The van der Waals surface area contributed by atoms with Crippen LogP contribution in [0.4, 0.5) is 11.4 Å². The number of aliphatic imine (C=N–C) groups is 1. The molecule has 4 N–H and O–H groups in total. The highest BCUT2D eigenvalue weighted by molar-refractivity contribution is 6.03. The summed E-state index contributed by atoms with van der Waals surface area (Å²) in [6.45, 7) is 4.13. The molecule has 2 aromatic carbocycles. The third kappa shape index (κ3) is 2.51. The van der Waals surface area contributed by atoms with Gasteiger partial charge in [-0.1, -0.05) is 18.2 Å². The molecule has 0 spiro atoms. The van der Waals surface area contributed by atoms with E-state index in [-0.39, 0.29) is 0 Å². The molecule has 0 fully saturated rings. The van der Waals surface area contributed by atoms with Crippen molar-refractivity contribution in [1.29, 1.82) is 0 Å². The summed E-state index contributed by atoms with van der Waals surface area (Å²) in [5.41, 5.74) is 16.6. The topological polar surface area (TPSA) is 64.4 Å². The van der Waals surface area contributed by atoms with Crippen LogP contribution in [-0.4, -0.2) is 5.84 Å². The second kappa shape index (κ2) is 4.92. The molecule has 0 radical (unpaired) electrons. The molecule has 0 bridgehead atoms.